The molecule has 0 heterocycles. The fourth-order valence-corrected chi connectivity index (χ4v) is 3.08. The zero-order valence-electron chi connectivity index (χ0n) is 12.7. The van der Waals surface area contributed by atoms with E-state index in [2.05, 4.69) is 53.3 Å². The van der Waals surface area contributed by atoms with Crippen molar-refractivity contribution in [2.75, 3.05) is 6.54 Å². The third-order valence-electron chi connectivity index (χ3n) is 3.51. The van der Waals surface area contributed by atoms with Crippen molar-refractivity contribution in [3.05, 3.63) is 68.9 Å². The highest BCUT2D eigenvalue weighted by molar-refractivity contribution is 9.10. The van der Waals surface area contributed by atoms with E-state index in [4.69, 9.17) is 0 Å². The molecule has 2 rings (SSSR count). The van der Waals surface area contributed by atoms with Crippen LogP contribution in [-0.2, 0) is 6.42 Å². The number of nitrogens with one attached hydrogen (secondary N) is 1. The first kappa shape index (κ1) is 16.2. The number of likely N-dealkylation sites (N-methyl/N-ethyl adjacent to an activating group) is 1. The molecule has 0 aromatic heterocycles. The van der Waals surface area contributed by atoms with Gasteiger partial charge in [0.1, 0.15) is 5.82 Å². The monoisotopic (exact) mass is 349 g/mol. The molecule has 2 aromatic carbocycles. The van der Waals surface area contributed by atoms with E-state index in [1.54, 1.807) is 0 Å². The van der Waals surface area contributed by atoms with Crippen LogP contribution in [0.15, 0.2) is 40.9 Å². The maximum absolute atomic E-state index is 14.2. The molecule has 1 nitrogen and oxygen atoms in total. The van der Waals surface area contributed by atoms with Crippen molar-refractivity contribution in [2.45, 2.75) is 33.2 Å². The van der Waals surface area contributed by atoms with Crippen LogP contribution in [0.5, 0.6) is 0 Å². The summed E-state index contributed by atoms with van der Waals surface area (Å²) >= 11 is 3.31. The number of benzene rings is 2. The van der Waals surface area contributed by atoms with Crippen LogP contribution in [0.25, 0.3) is 0 Å². The Morgan fingerprint density at radius 1 is 1.10 bits per heavy atom. The number of hydrogen-bond donors (Lipinski definition) is 1. The SMILES string of the molecule is CCNC(Cc1cc(C)cc(C)c1)c1ccc(Br)cc1F. The summed E-state index contributed by atoms with van der Waals surface area (Å²) in [5.41, 5.74) is 4.45. The molecule has 0 spiro atoms. The molecule has 2 aromatic rings. The number of aryl methyl sites for hydroxylation is 2. The van der Waals surface area contributed by atoms with Gasteiger partial charge in [-0.05, 0) is 44.5 Å². The van der Waals surface area contributed by atoms with Gasteiger partial charge in [0.05, 0.1) is 0 Å². The van der Waals surface area contributed by atoms with Gasteiger partial charge in [0.15, 0.2) is 0 Å². The van der Waals surface area contributed by atoms with Crippen LogP contribution in [0.3, 0.4) is 0 Å². The zero-order chi connectivity index (χ0) is 15.4. The lowest BCUT2D eigenvalue weighted by Crippen LogP contribution is -2.24. The molecule has 3 heteroatoms. The summed E-state index contributed by atoms with van der Waals surface area (Å²) in [5, 5.41) is 3.39. The number of rotatable bonds is 5. The molecule has 1 N–H and O–H groups in total. The topological polar surface area (TPSA) is 12.0 Å². The first-order valence-corrected chi connectivity index (χ1v) is 8.04. The van der Waals surface area contributed by atoms with E-state index in [-0.39, 0.29) is 11.9 Å². The van der Waals surface area contributed by atoms with Crippen LogP contribution < -0.4 is 5.32 Å². The smallest absolute Gasteiger partial charge is 0.129 e. The molecule has 0 aliphatic heterocycles. The second kappa shape index (κ2) is 7.19. The first-order valence-electron chi connectivity index (χ1n) is 7.25. The second-order valence-electron chi connectivity index (χ2n) is 5.48. The minimum atomic E-state index is -0.167. The fraction of sp³-hybridized carbons (Fsp3) is 0.333. The van der Waals surface area contributed by atoms with Crippen molar-refractivity contribution >= 4 is 15.9 Å². The second-order valence-corrected chi connectivity index (χ2v) is 6.39. The summed E-state index contributed by atoms with van der Waals surface area (Å²) in [7, 11) is 0. The third-order valence-corrected chi connectivity index (χ3v) is 4.00. The Hall–Kier alpha value is -1.19. The minimum absolute atomic E-state index is 0.00991. The van der Waals surface area contributed by atoms with Gasteiger partial charge in [-0.3, -0.25) is 0 Å². The van der Waals surface area contributed by atoms with Crippen LogP contribution in [0, 0.1) is 19.7 Å². The Kier molecular flexibility index (Phi) is 5.54. The van der Waals surface area contributed by atoms with E-state index in [1.165, 1.54) is 22.8 Å². The van der Waals surface area contributed by atoms with Crippen LogP contribution in [0.2, 0.25) is 0 Å². The first-order chi connectivity index (χ1) is 9.99. The van der Waals surface area contributed by atoms with E-state index in [1.807, 2.05) is 19.1 Å². The lowest BCUT2D eigenvalue weighted by molar-refractivity contribution is 0.509. The van der Waals surface area contributed by atoms with E-state index < -0.39 is 0 Å². The van der Waals surface area contributed by atoms with Gasteiger partial charge in [-0.25, -0.2) is 4.39 Å². The van der Waals surface area contributed by atoms with Gasteiger partial charge >= 0.3 is 0 Å². The predicted molar refractivity (Wildman–Crippen MR) is 90.1 cm³/mol. The normalized spacial score (nSPS) is 12.4. The average Bonchev–Trinajstić information content (AvgIpc) is 2.37. The average molecular weight is 350 g/mol. The Morgan fingerprint density at radius 2 is 1.76 bits per heavy atom. The van der Waals surface area contributed by atoms with Gasteiger partial charge in [-0.15, -0.1) is 0 Å². The summed E-state index contributed by atoms with van der Waals surface area (Å²) in [5.74, 6) is -0.167. The van der Waals surface area contributed by atoms with Gasteiger partial charge in [-0.1, -0.05) is 58.2 Å². The maximum atomic E-state index is 14.2. The van der Waals surface area contributed by atoms with E-state index in [9.17, 15) is 4.39 Å². The summed E-state index contributed by atoms with van der Waals surface area (Å²) in [4.78, 5) is 0. The van der Waals surface area contributed by atoms with Gasteiger partial charge in [0.25, 0.3) is 0 Å². The van der Waals surface area contributed by atoms with Crippen molar-refractivity contribution in [1.29, 1.82) is 0 Å². The molecule has 21 heavy (non-hydrogen) atoms. The molecule has 1 unspecified atom stereocenters. The Labute approximate surface area is 134 Å². The fourth-order valence-electron chi connectivity index (χ4n) is 2.75. The van der Waals surface area contributed by atoms with Crippen molar-refractivity contribution in [2.24, 2.45) is 0 Å². The summed E-state index contributed by atoms with van der Waals surface area (Å²) in [6.07, 6.45) is 0.787. The quantitative estimate of drug-likeness (QED) is 0.791. The standard InChI is InChI=1S/C18H21BrFN/c1-4-21-18(16-6-5-15(19)11-17(16)20)10-14-8-12(2)7-13(3)9-14/h5-9,11,18,21H,4,10H2,1-3H3. The van der Waals surface area contributed by atoms with Crippen LogP contribution in [0.4, 0.5) is 4.39 Å². The van der Waals surface area contributed by atoms with Crippen molar-refractivity contribution in [3.8, 4) is 0 Å². The van der Waals surface area contributed by atoms with E-state index in [0.717, 1.165) is 23.0 Å². The Morgan fingerprint density at radius 3 is 2.33 bits per heavy atom. The Bertz CT molecular complexity index is 604. The molecule has 0 aliphatic carbocycles. The van der Waals surface area contributed by atoms with Crippen molar-refractivity contribution < 1.29 is 4.39 Å². The van der Waals surface area contributed by atoms with E-state index >= 15 is 0 Å². The lowest BCUT2D eigenvalue weighted by Gasteiger charge is -2.20. The molecule has 1 atom stereocenters. The van der Waals surface area contributed by atoms with Gasteiger partial charge in [0.2, 0.25) is 0 Å². The summed E-state index contributed by atoms with van der Waals surface area (Å²) in [6, 6.07) is 11.8. The molecule has 0 saturated heterocycles. The Balaban J connectivity index is 2.30. The molecule has 0 bridgehead atoms. The molecule has 112 valence electrons. The molecule has 0 saturated carbocycles. The van der Waals surface area contributed by atoms with Gasteiger partial charge < -0.3 is 5.32 Å². The largest absolute Gasteiger partial charge is 0.310 e. The van der Waals surface area contributed by atoms with Gasteiger partial charge in [-0.2, -0.15) is 0 Å². The maximum Gasteiger partial charge on any atom is 0.129 e. The summed E-state index contributed by atoms with van der Waals surface area (Å²) in [6.45, 7) is 7.05. The number of halogens is 2. The van der Waals surface area contributed by atoms with E-state index in [0.29, 0.717) is 0 Å². The predicted octanol–water partition coefficient (Wildman–Crippen LogP) is 5.10. The van der Waals surface area contributed by atoms with Crippen LogP contribution >= 0.6 is 15.9 Å². The van der Waals surface area contributed by atoms with Crippen molar-refractivity contribution in [1.82, 2.24) is 5.32 Å². The zero-order valence-corrected chi connectivity index (χ0v) is 14.3. The number of hydrogen-bond acceptors (Lipinski definition) is 1. The summed E-state index contributed by atoms with van der Waals surface area (Å²) < 4.78 is 15.0. The van der Waals surface area contributed by atoms with Crippen LogP contribution in [-0.4, -0.2) is 6.54 Å². The van der Waals surface area contributed by atoms with Crippen LogP contribution in [0.1, 0.15) is 35.2 Å². The molecule has 0 aliphatic rings. The lowest BCUT2D eigenvalue weighted by atomic mass is 9.96. The van der Waals surface area contributed by atoms with Gasteiger partial charge in [0, 0.05) is 16.1 Å². The molecule has 0 radical (unpaired) electrons. The highest BCUT2D eigenvalue weighted by atomic mass is 79.9. The third kappa shape index (κ3) is 4.39. The molecular formula is C18H21BrFN. The minimum Gasteiger partial charge on any atom is -0.310 e. The molecule has 0 fully saturated rings. The van der Waals surface area contributed by atoms with Crippen molar-refractivity contribution in [3.63, 3.8) is 0 Å². The highest BCUT2D eigenvalue weighted by Crippen LogP contribution is 2.25. The molecule has 0 amide bonds. The highest BCUT2D eigenvalue weighted by Gasteiger charge is 2.16. The molecular weight excluding hydrogens is 329 g/mol.